The Morgan fingerprint density at radius 3 is 2.56 bits per heavy atom. The number of rotatable bonds is 2. The van der Waals surface area contributed by atoms with Gasteiger partial charge in [0, 0.05) is 6.04 Å². The van der Waals surface area contributed by atoms with Crippen LogP contribution >= 0.6 is 0 Å². The van der Waals surface area contributed by atoms with Gasteiger partial charge in [0.25, 0.3) is 0 Å². The van der Waals surface area contributed by atoms with Gasteiger partial charge >= 0.3 is 6.09 Å². The third-order valence-electron chi connectivity index (χ3n) is 4.34. The Kier molecular flexibility index (Phi) is 2.75. The molecule has 0 bridgehead atoms. The van der Waals surface area contributed by atoms with Crippen LogP contribution in [-0.2, 0) is 4.74 Å². The molecule has 3 rings (SSSR count). The van der Waals surface area contributed by atoms with Crippen LogP contribution in [0.15, 0.2) is 0 Å². The van der Waals surface area contributed by atoms with E-state index in [-0.39, 0.29) is 6.09 Å². The fourth-order valence-corrected chi connectivity index (χ4v) is 3.12. The van der Waals surface area contributed by atoms with Crippen LogP contribution in [0.2, 0.25) is 0 Å². The minimum Gasteiger partial charge on any atom is -0.447 e. The first-order chi connectivity index (χ1) is 7.86. The molecule has 1 aliphatic carbocycles. The zero-order valence-corrected chi connectivity index (χ0v) is 9.65. The van der Waals surface area contributed by atoms with E-state index in [1.54, 1.807) is 0 Å². The molecule has 4 nitrogen and oxygen atoms in total. The normalized spacial score (nSPS) is 32.6. The molecule has 3 fully saturated rings. The third-order valence-corrected chi connectivity index (χ3v) is 4.34. The van der Waals surface area contributed by atoms with Crippen LogP contribution in [0.3, 0.4) is 0 Å². The molecule has 0 aromatic rings. The molecule has 2 saturated heterocycles. The van der Waals surface area contributed by atoms with Gasteiger partial charge in [-0.1, -0.05) is 0 Å². The zero-order valence-electron chi connectivity index (χ0n) is 9.65. The summed E-state index contributed by atoms with van der Waals surface area (Å²) in [5.41, 5.74) is 0. The van der Waals surface area contributed by atoms with E-state index in [9.17, 15) is 4.79 Å². The van der Waals surface area contributed by atoms with Crippen LogP contribution in [0.25, 0.3) is 0 Å². The van der Waals surface area contributed by atoms with E-state index in [0.29, 0.717) is 24.6 Å². The number of carbonyl (C=O) groups is 1. The maximum Gasteiger partial charge on any atom is 0.410 e. The van der Waals surface area contributed by atoms with Gasteiger partial charge in [-0.2, -0.15) is 0 Å². The van der Waals surface area contributed by atoms with Gasteiger partial charge in [0.2, 0.25) is 0 Å². The van der Waals surface area contributed by atoms with Gasteiger partial charge in [-0.3, -0.25) is 4.90 Å². The van der Waals surface area contributed by atoms with Crippen molar-refractivity contribution in [3.63, 3.8) is 0 Å². The van der Waals surface area contributed by atoms with Crippen molar-refractivity contribution in [3.05, 3.63) is 0 Å². The number of amides is 1. The van der Waals surface area contributed by atoms with Crippen LogP contribution < -0.4 is 5.32 Å². The van der Waals surface area contributed by atoms with Crippen molar-refractivity contribution in [1.82, 2.24) is 10.2 Å². The lowest BCUT2D eigenvalue weighted by atomic mass is 9.85. The lowest BCUT2D eigenvalue weighted by Crippen LogP contribution is -2.50. The number of ether oxygens (including phenoxy) is 1. The SMILES string of the molecule is O=C1OCC(C2CCNCC2)N1C1CCC1. The highest BCUT2D eigenvalue weighted by Crippen LogP contribution is 2.34. The Morgan fingerprint density at radius 2 is 1.94 bits per heavy atom. The van der Waals surface area contributed by atoms with Gasteiger partial charge in [0.15, 0.2) is 0 Å². The first-order valence-electron chi connectivity index (χ1n) is 6.52. The van der Waals surface area contributed by atoms with Crippen LogP contribution in [0.4, 0.5) is 4.79 Å². The summed E-state index contributed by atoms with van der Waals surface area (Å²) in [6.45, 7) is 2.81. The van der Waals surface area contributed by atoms with Crippen molar-refractivity contribution in [3.8, 4) is 0 Å². The van der Waals surface area contributed by atoms with Crippen molar-refractivity contribution in [2.24, 2.45) is 5.92 Å². The molecule has 3 aliphatic rings. The first-order valence-corrected chi connectivity index (χ1v) is 6.52. The number of hydrogen-bond donors (Lipinski definition) is 1. The highest BCUT2D eigenvalue weighted by molar-refractivity contribution is 5.70. The molecule has 0 aromatic carbocycles. The smallest absolute Gasteiger partial charge is 0.410 e. The molecule has 0 spiro atoms. The molecule has 2 heterocycles. The molecule has 0 radical (unpaired) electrons. The Hall–Kier alpha value is -0.770. The summed E-state index contributed by atoms with van der Waals surface area (Å²) in [7, 11) is 0. The summed E-state index contributed by atoms with van der Waals surface area (Å²) in [5, 5.41) is 3.38. The fraction of sp³-hybridized carbons (Fsp3) is 0.917. The second-order valence-corrected chi connectivity index (χ2v) is 5.22. The molecule has 1 amide bonds. The summed E-state index contributed by atoms with van der Waals surface area (Å²) < 4.78 is 5.25. The van der Waals surface area contributed by atoms with Gasteiger partial charge in [-0.15, -0.1) is 0 Å². The fourth-order valence-electron chi connectivity index (χ4n) is 3.12. The van der Waals surface area contributed by atoms with E-state index in [1.807, 2.05) is 0 Å². The lowest BCUT2D eigenvalue weighted by Gasteiger charge is -2.40. The number of nitrogens with one attached hydrogen (secondary N) is 1. The number of nitrogens with zero attached hydrogens (tertiary/aromatic N) is 1. The van der Waals surface area contributed by atoms with Crippen molar-refractivity contribution < 1.29 is 9.53 Å². The lowest BCUT2D eigenvalue weighted by molar-refractivity contribution is 0.0963. The van der Waals surface area contributed by atoms with Crippen molar-refractivity contribution in [2.75, 3.05) is 19.7 Å². The Labute approximate surface area is 96.3 Å². The van der Waals surface area contributed by atoms with Crippen molar-refractivity contribution in [1.29, 1.82) is 0 Å². The topological polar surface area (TPSA) is 41.6 Å². The Morgan fingerprint density at radius 1 is 1.19 bits per heavy atom. The zero-order chi connectivity index (χ0) is 11.0. The molecule has 0 aromatic heterocycles. The standard InChI is InChI=1S/C12H20N2O2/c15-12-14(10-2-1-3-10)11(8-16-12)9-4-6-13-7-5-9/h9-11,13H,1-8H2. The highest BCUT2D eigenvalue weighted by Gasteiger charge is 2.43. The van der Waals surface area contributed by atoms with E-state index in [4.69, 9.17) is 4.74 Å². The Balaban J connectivity index is 1.69. The number of carbonyl (C=O) groups excluding carboxylic acids is 1. The third kappa shape index (κ3) is 1.69. The summed E-state index contributed by atoms with van der Waals surface area (Å²) in [4.78, 5) is 13.8. The predicted molar refractivity (Wildman–Crippen MR) is 60.2 cm³/mol. The minimum absolute atomic E-state index is 0.0618. The molecule has 2 aliphatic heterocycles. The van der Waals surface area contributed by atoms with E-state index < -0.39 is 0 Å². The maximum absolute atomic E-state index is 11.7. The second kappa shape index (κ2) is 4.24. The molecule has 90 valence electrons. The van der Waals surface area contributed by atoms with Crippen LogP contribution in [-0.4, -0.2) is 42.8 Å². The molecule has 1 atom stereocenters. The summed E-state index contributed by atoms with van der Waals surface area (Å²) in [6, 6.07) is 0.842. The first kappa shape index (κ1) is 10.4. The molecule has 1 N–H and O–H groups in total. The predicted octanol–water partition coefficient (Wildman–Crippen LogP) is 1.36. The van der Waals surface area contributed by atoms with E-state index in [0.717, 1.165) is 13.1 Å². The molecule has 1 saturated carbocycles. The van der Waals surface area contributed by atoms with Gasteiger partial charge < -0.3 is 10.1 Å². The summed E-state index contributed by atoms with van der Waals surface area (Å²) in [5.74, 6) is 0.647. The van der Waals surface area contributed by atoms with Crippen molar-refractivity contribution >= 4 is 6.09 Å². The summed E-state index contributed by atoms with van der Waals surface area (Å²) in [6.07, 6.45) is 5.93. The molecule has 16 heavy (non-hydrogen) atoms. The molecular weight excluding hydrogens is 204 g/mol. The second-order valence-electron chi connectivity index (χ2n) is 5.22. The average Bonchev–Trinajstić information content (AvgIpc) is 2.60. The van der Waals surface area contributed by atoms with Crippen LogP contribution in [0.5, 0.6) is 0 Å². The largest absolute Gasteiger partial charge is 0.447 e. The maximum atomic E-state index is 11.7. The van der Waals surface area contributed by atoms with E-state index >= 15 is 0 Å². The summed E-state index contributed by atoms with van der Waals surface area (Å²) >= 11 is 0. The monoisotopic (exact) mass is 224 g/mol. The minimum atomic E-state index is -0.0618. The van der Waals surface area contributed by atoms with E-state index in [1.165, 1.54) is 32.1 Å². The van der Waals surface area contributed by atoms with Crippen LogP contribution in [0, 0.1) is 5.92 Å². The van der Waals surface area contributed by atoms with Gasteiger partial charge in [-0.25, -0.2) is 4.79 Å². The number of piperidine rings is 1. The van der Waals surface area contributed by atoms with Gasteiger partial charge in [-0.05, 0) is 51.1 Å². The molecular formula is C12H20N2O2. The van der Waals surface area contributed by atoms with Crippen LogP contribution in [0.1, 0.15) is 32.1 Å². The van der Waals surface area contributed by atoms with E-state index in [2.05, 4.69) is 10.2 Å². The van der Waals surface area contributed by atoms with Gasteiger partial charge in [0.05, 0.1) is 6.04 Å². The number of hydrogen-bond acceptors (Lipinski definition) is 3. The molecule has 4 heteroatoms. The highest BCUT2D eigenvalue weighted by atomic mass is 16.6. The Bertz CT molecular complexity index is 272. The number of cyclic esters (lactones) is 1. The average molecular weight is 224 g/mol. The van der Waals surface area contributed by atoms with Crippen molar-refractivity contribution in [2.45, 2.75) is 44.2 Å². The molecule has 1 unspecified atom stereocenters. The quantitative estimate of drug-likeness (QED) is 0.770. The van der Waals surface area contributed by atoms with Gasteiger partial charge in [0.1, 0.15) is 6.61 Å².